The number of methoxy groups -OCH3 is 1. The van der Waals surface area contributed by atoms with Gasteiger partial charge < -0.3 is 13.9 Å². The van der Waals surface area contributed by atoms with E-state index in [1.54, 1.807) is 42.5 Å². The van der Waals surface area contributed by atoms with E-state index in [1.165, 1.54) is 31.6 Å². The third-order valence-electron chi connectivity index (χ3n) is 3.90. The molecule has 29 heavy (non-hydrogen) atoms. The Kier molecular flexibility index (Phi) is 6.12. The third-order valence-corrected chi connectivity index (χ3v) is 4.15. The van der Waals surface area contributed by atoms with E-state index in [1.807, 2.05) is 6.07 Å². The van der Waals surface area contributed by atoms with Crippen LogP contribution in [-0.4, -0.2) is 18.9 Å². The Hall–Kier alpha value is -3.82. The smallest absolute Gasteiger partial charge is 0.379 e. The molecule has 3 aromatic rings. The second-order valence-corrected chi connectivity index (χ2v) is 6.22. The van der Waals surface area contributed by atoms with Crippen molar-refractivity contribution in [3.05, 3.63) is 88.3 Å². The predicted molar refractivity (Wildman–Crippen MR) is 106 cm³/mol. The fraction of sp³-hybridized carbons (Fsp3) is 0.0455. The van der Waals surface area contributed by atoms with Crippen LogP contribution in [0.3, 0.4) is 0 Å². The number of furan rings is 1. The Morgan fingerprint density at radius 1 is 1.10 bits per heavy atom. The maximum absolute atomic E-state index is 12.5. The van der Waals surface area contributed by atoms with Crippen LogP contribution in [0.4, 0.5) is 0 Å². The first-order valence-corrected chi connectivity index (χ1v) is 8.75. The van der Waals surface area contributed by atoms with E-state index in [9.17, 15) is 14.9 Å². The van der Waals surface area contributed by atoms with Crippen molar-refractivity contribution in [2.75, 3.05) is 7.11 Å². The summed E-state index contributed by atoms with van der Waals surface area (Å²) in [7, 11) is 1.41. The van der Waals surface area contributed by atoms with Gasteiger partial charge in [-0.05, 0) is 60.2 Å². The molecule has 0 saturated carbocycles. The van der Waals surface area contributed by atoms with E-state index in [0.29, 0.717) is 16.1 Å². The van der Waals surface area contributed by atoms with Gasteiger partial charge in [-0.25, -0.2) is 4.79 Å². The number of Topliss-reactive ketones (excluding diaryl/α,β-unsaturated/α-hetero) is 1. The zero-order chi connectivity index (χ0) is 20.8. The number of carbonyl (C=O) groups excluding carboxylic acids is 2. The lowest BCUT2D eigenvalue weighted by Crippen LogP contribution is -2.08. The molecule has 6 nitrogen and oxygen atoms in total. The largest absolute Gasteiger partial charge is 0.493 e. The van der Waals surface area contributed by atoms with Crippen LogP contribution < -0.4 is 9.47 Å². The first-order chi connectivity index (χ1) is 14.0. The van der Waals surface area contributed by atoms with Crippen molar-refractivity contribution in [2.45, 2.75) is 0 Å². The predicted octanol–water partition coefficient (Wildman–Crippen LogP) is 4.95. The molecule has 0 amide bonds. The molecule has 0 unspecified atom stereocenters. The van der Waals surface area contributed by atoms with Gasteiger partial charge in [-0.1, -0.05) is 17.7 Å². The molecule has 0 radical (unpaired) electrons. The van der Waals surface area contributed by atoms with Crippen molar-refractivity contribution in [1.82, 2.24) is 0 Å². The van der Waals surface area contributed by atoms with E-state index < -0.39 is 11.8 Å². The standard InChI is InChI=1S/C22H14ClNO5/c1-27-20-12-14(4-9-18(20)29-22(26)19-3-2-10-28-19)11-16(13-24)21(25)15-5-7-17(23)8-6-15/h2-12H,1H3/b16-11+. The monoisotopic (exact) mass is 407 g/mol. The summed E-state index contributed by atoms with van der Waals surface area (Å²) in [4.78, 5) is 24.6. The number of nitrogens with zero attached hydrogens (tertiary/aromatic N) is 1. The van der Waals surface area contributed by atoms with Crippen molar-refractivity contribution in [3.63, 3.8) is 0 Å². The summed E-state index contributed by atoms with van der Waals surface area (Å²) < 4.78 is 15.5. The van der Waals surface area contributed by atoms with E-state index >= 15 is 0 Å². The van der Waals surface area contributed by atoms with Crippen LogP contribution in [0.5, 0.6) is 11.5 Å². The summed E-state index contributed by atoms with van der Waals surface area (Å²) in [5.74, 6) is -0.622. The number of hydrogen-bond donors (Lipinski definition) is 0. The van der Waals surface area contributed by atoms with Gasteiger partial charge in [-0.15, -0.1) is 0 Å². The van der Waals surface area contributed by atoms with Crippen molar-refractivity contribution < 1.29 is 23.5 Å². The molecule has 2 aromatic carbocycles. The van der Waals surface area contributed by atoms with Crippen LogP contribution in [0.25, 0.3) is 6.08 Å². The van der Waals surface area contributed by atoms with Crippen molar-refractivity contribution in [3.8, 4) is 17.6 Å². The lowest BCUT2D eigenvalue weighted by atomic mass is 10.0. The van der Waals surface area contributed by atoms with Gasteiger partial charge >= 0.3 is 5.97 Å². The van der Waals surface area contributed by atoms with Crippen LogP contribution in [0.1, 0.15) is 26.5 Å². The van der Waals surface area contributed by atoms with Gasteiger partial charge in [0.25, 0.3) is 0 Å². The Labute approximate surface area is 171 Å². The fourth-order valence-corrected chi connectivity index (χ4v) is 2.60. The average Bonchev–Trinajstić information content (AvgIpc) is 3.28. The number of ether oxygens (including phenoxy) is 2. The third kappa shape index (κ3) is 4.72. The molecule has 3 rings (SSSR count). The molecule has 0 aliphatic carbocycles. The second kappa shape index (κ2) is 8.91. The number of carbonyl (C=O) groups is 2. The quantitative estimate of drug-likeness (QED) is 0.189. The van der Waals surface area contributed by atoms with Gasteiger partial charge in [0.05, 0.1) is 13.4 Å². The Morgan fingerprint density at radius 3 is 2.48 bits per heavy atom. The Bertz CT molecular complexity index is 1110. The van der Waals surface area contributed by atoms with Crippen LogP contribution in [-0.2, 0) is 0 Å². The van der Waals surface area contributed by atoms with Gasteiger partial charge in [-0.3, -0.25) is 4.79 Å². The van der Waals surface area contributed by atoms with Crippen LogP contribution in [0.2, 0.25) is 5.02 Å². The van der Waals surface area contributed by atoms with Crippen molar-refractivity contribution in [1.29, 1.82) is 5.26 Å². The summed E-state index contributed by atoms with van der Waals surface area (Å²) in [6.07, 6.45) is 2.79. The minimum Gasteiger partial charge on any atom is -0.493 e. The number of nitriles is 1. The van der Waals surface area contributed by atoms with Gasteiger partial charge in [0.1, 0.15) is 11.6 Å². The number of benzene rings is 2. The van der Waals surface area contributed by atoms with Gasteiger partial charge in [-0.2, -0.15) is 5.26 Å². The number of hydrogen-bond acceptors (Lipinski definition) is 6. The molecule has 144 valence electrons. The number of allylic oxidation sites excluding steroid dienone is 1. The summed E-state index contributed by atoms with van der Waals surface area (Å²) in [5, 5.41) is 9.90. The topological polar surface area (TPSA) is 89.5 Å². The molecule has 7 heteroatoms. The highest BCUT2D eigenvalue weighted by Gasteiger charge is 2.16. The minimum atomic E-state index is -0.674. The number of ketones is 1. The summed E-state index contributed by atoms with van der Waals surface area (Å²) in [6, 6.07) is 15.9. The maximum Gasteiger partial charge on any atom is 0.379 e. The molecule has 0 fully saturated rings. The Balaban J connectivity index is 1.86. The lowest BCUT2D eigenvalue weighted by Gasteiger charge is -2.09. The Morgan fingerprint density at radius 2 is 1.86 bits per heavy atom. The van der Waals surface area contributed by atoms with E-state index in [2.05, 4.69) is 0 Å². The number of rotatable bonds is 6. The highest BCUT2D eigenvalue weighted by molar-refractivity contribution is 6.30. The molecule has 0 bridgehead atoms. The minimum absolute atomic E-state index is 0.0522. The molecule has 0 atom stereocenters. The van der Waals surface area contributed by atoms with Gasteiger partial charge in [0, 0.05) is 10.6 Å². The molecule has 0 aliphatic rings. The summed E-state index contributed by atoms with van der Waals surface area (Å²) >= 11 is 5.83. The molecular weight excluding hydrogens is 394 g/mol. The normalized spacial score (nSPS) is 10.9. The summed E-state index contributed by atoms with van der Waals surface area (Å²) in [5.41, 5.74) is 0.811. The zero-order valence-electron chi connectivity index (χ0n) is 15.2. The van der Waals surface area contributed by atoms with Crippen molar-refractivity contribution >= 4 is 29.4 Å². The molecule has 0 aliphatic heterocycles. The highest BCUT2D eigenvalue weighted by atomic mass is 35.5. The zero-order valence-corrected chi connectivity index (χ0v) is 16.0. The van der Waals surface area contributed by atoms with Gasteiger partial charge in [0.2, 0.25) is 11.5 Å². The fourth-order valence-electron chi connectivity index (χ4n) is 2.48. The molecule has 1 aromatic heterocycles. The van der Waals surface area contributed by atoms with E-state index in [4.69, 9.17) is 25.5 Å². The second-order valence-electron chi connectivity index (χ2n) is 5.78. The van der Waals surface area contributed by atoms with Crippen LogP contribution in [0, 0.1) is 11.3 Å². The summed E-state index contributed by atoms with van der Waals surface area (Å²) in [6.45, 7) is 0. The molecule has 0 spiro atoms. The van der Waals surface area contributed by atoms with Crippen LogP contribution >= 0.6 is 11.6 Å². The number of esters is 1. The molecule has 1 heterocycles. The molecular formula is C22H14ClNO5. The SMILES string of the molecule is COc1cc(/C=C(\C#N)C(=O)c2ccc(Cl)cc2)ccc1OC(=O)c1ccco1. The first-order valence-electron chi connectivity index (χ1n) is 8.37. The molecule has 0 saturated heterocycles. The van der Waals surface area contributed by atoms with Gasteiger partial charge in [0.15, 0.2) is 11.5 Å². The molecule has 0 N–H and O–H groups in total. The van der Waals surface area contributed by atoms with Crippen LogP contribution in [0.15, 0.2) is 70.9 Å². The lowest BCUT2D eigenvalue weighted by molar-refractivity contribution is 0.0696. The van der Waals surface area contributed by atoms with E-state index in [0.717, 1.165) is 0 Å². The maximum atomic E-state index is 12.5. The van der Waals surface area contributed by atoms with E-state index in [-0.39, 0.29) is 22.8 Å². The van der Waals surface area contributed by atoms with Crippen molar-refractivity contribution in [2.24, 2.45) is 0 Å². The average molecular weight is 408 g/mol. The number of halogens is 1. The first kappa shape index (κ1) is 19.9. The highest BCUT2D eigenvalue weighted by Crippen LogP contribution is 2.30.